The lowest BCUT2D eigenvalue weighted by atomic mass is 9.95. The van der Waals surface area contributed by atoms with Crippen molar-refractivity contribution in [2.45, 2.75) is 6.92 Å². The number of morpholine rings is 1. The van der Waals surface area contributed by atoms with Crippen LogP contribution in [-0.2, 0) is 4.74 Å². The summed E-state index contributed by atoms with van der Waals surface area (Å²) >= 11 is 0. The van der Waals surface area contributed by atoms with E-state index in [0.717, 1.165) is 65.2 Å². The Labute approximate surface area is 193 Å². The molecule has 1 aliphatic rings. The summed E-state index contributed by atoms with van der Waals surface area (Å²) in [6, 6.07) is 14.9. The highest BCUT2D eigenvalue weighted by molar-refractivity contribution is 5.98. The number of aryl methyl sites for hydroxylation is 1. The summed E-state index contributed by atoms with van der Waals surface area (Å²) in [6.45, 7) is 5.37. The third-order valence-electron chi connectivity index (χ3n) is 6.06. The van der Waals surface area contributed by atoms with Crippen LogP contribution in [0.15, 0.2) is 55.0 Å². The molecule has 5 rings (SSSR count). The van der Waals surface area contributed by atoms with Crippen LogP contribution in [0.4, 0.5) is 5.69 Å². The average molecular weight is 443 g/mol. The first kappa shape index (κ1) is 21.2. The largest absolute Gasteiger partial charge is 0.491 e. The van der Waals surface area contributed by atoms with Crippen LogP contribution in [-0.4, -0.2) is 55.5 Å². The number of pyridine rings is 1. The summed E-state index contributed by atoms with van der Waals surface area (Å²) in [5.74, 6) is 1.05. The standard InChI is InChI=1S/C26H26N4O3/c1-17-22-12-19(20-14-24(31-2)26(32-3)27-15-20)13-23(25(22)29-16-28-17)18-4-6-21(7-5-18)30-8-10-33-11-9-30/h4-7,12-16H,8-11H2,1-3H3. The smallest absolute Gasteiger partial charge is 0.256 e. The van der Waals surface area contributed by atoms with Gasteiger partial charge in [-0.1, -0.05) is 12.1 Å². The Balaban J connectivity index is 1.62. The summed E-state index contributed by atoms with van der Waals surface area (Å²) in [7, 11) is 3.20. The first-order chi connectivity index (χ1) is 16.2. The van der Waals surface area contributed by atoms with Crippen LogP contribution in [0, 0.1) is 6.92 Å². The van der Waals surface area contributed by atoms with Crippen molar-refractivity contribution in [2.24, 2.45) is 0 Å². The Morgan fingerprint density at radius 3 is 2.36 bits per heavy atom. The molecule has 1 aliphatic heterocycles. The van der Waals surface area contributed by atoms with Crippen LogP contribution < -0.4 is 14.4 Å². The van der Waals surface area contributed by atoms with Crippen LogP contribution in [0.2, 0.25) is 0 Å². The molecule has 0 atom stereocenters. The van der Waals surface area contributed by atoms with Crippen molar-refractivity contribution in [2.75, 3.05) is 45.4 Å². The summed E-state index contributed by atoms with van der Waals surface area (Å²) < 4.78 is 16.3. The minimum absolute atomic E-state index is 0.459. The highest BCUT2D eigenvalue weighted by Gasteiger charge is 2.15. The van der Waals surface area contributed by atoms with Crippen molar-refractivity contribution < 1.29 is 14.2 Å². The number of rotatable bonds is 5. The second-order valence-corrected chi connectivity index (χ2v) is 7.96. The van der Waals surface area contributed by atoms with Crippen LogP contribution in [0.25, 0.3) is 33.2 Å². The van der Waals surface area contributed by atoms with Gasteiger partial charge < -0.3 is 19.1 Å². The highest BCUT2D eigenvalue weighted by atomic mass is 16.5. The third-order valence-corrected chi connectivity index (χ3v) is 6.06. The SMILES string of the molecule is COc1cc(-c2cc(-c3ccc(N4CCOCC4)cc3)c3ncnc(C)c3c2)cnc1OC. The van der Waals surface area contributed by atoms with E-state index in [9.17, 15) is 0 Å². The van der Waals surface area contributed by atoms with E-state index in [1.807, 2.05) is 13.0 Å². The van der Waals surface area contributed by atoms with Gasteiger partial charge in [-0.15, -0.1) is 0 Å². The third kappa shape index (κ3) is 4.07. The zero-order valence-corrected chi connectivity index (χ0v) is 19.0. The molecule has 3 heterocycles. The molecular weight excluding hydrogens is 416 g/mol. The van der Waals surface area contributed by atoms with Gasteiger partial charge in [-0.3, -0.25) is 0 Å². The molecule has 4 aromatic rings. The van der Waals surface area contributed by atoms with E-state index in [2.05, 4.69) is 56.3 Å². The van der Waals surface area contributed by atoms with E-state index in [4.69, 9.17) is 14.2 Å². The number of nitrogens with zero attached hydrogens (tertiary/aromatic N) is 4. The molecule has 0 spiro atoms. The number of fused-ring (bicyclic) bond motifs is 1. The van der Waals surface area contributed by atoms with E-state index in [1.54, 1.807) is 26.7 Å². The van der Waals surface area contributed by atoms with Gasteiger partial charge in [0.15, 0.2) is 5.75 Å². The quantitative estimate of drug-likeness (QED) is 0.450. The molecule has 168 valence electrons. The fourth-order valence-electron chi connectivity index (χ4n) is 4.24. The predicted molar refractivity (Wildman–Crippen MR) is 129 cm³/mol. The van der Waals surface area contributed by atoms with Crippen molar-refractivity contribution in [3.05, 3.63) is 60.7 Å². The van der Waals surface area contributed by atoms with E-state index < -0.39 is 0 Å². The monoisotopic (exact) mass is 442 g/mol. The molecule has 0 aliphatic carbocycles. The first-order valence-corrected chi connectivity index (χ1v) is 10.9. The normalized spacial score (nSPS) is 13.8. The minimum atomic E-state index is 0.459. The second-order valence-electron chi connectivity index (χ2n) is 7.96. The van der Waals surface area contributed by atoms with Gasteiger partial charge in [0.25, 0.3) is 5.88 Å². The Hall–Kier alpha value is -3.71. The lowest BCUT2D eigenvalue weighted by molar-refractivity contribution is 0.122. The van der Waals surface area contributed by atoms with Gasteiger partial charge in [0.05, 0.1) is 33.0 Å². The maximum atomic E-state index is 5.48. The predicted octanol–water partition coefficient (Wildman–Crippen LogP) is 4.52. The van der Waals surface area contributed by atoms with E-state index in [1.165, 1.54) is 5.69 Å². The molecule has 0 radical (unpaired) electrons. The molecule has 1 fully saturated rings. The van der Waals surface area contributed by atoms with Crippen LogP contribution in [0.3, 0.4) is 0 Å². The van der Waals surface area contributed by atoms with Gasteiger partial charge in [-0.25, -0.2) is 15.0 Å². The van der Waals surface area contributed by atoms with Gasteiger partial charge in [-0.2, -0.15) is 0 Å². The highest BCUT2D eigenvalue weighted by Crippen LogP contribution is 2.36. The van der Waals surface area contributed by atoms with Gasteiger partial charge in [0.2, 0.25) is 0 Å². The molecule has 2 aromatic heterocycles. The molecule has 0 amide bonds. The number of ether oxygens (including phenoxy) is 3. The van der Waals surface area contributed by atoms with Gasteiger partial charge >= 0.3 is 0 Å². The maximum Gasteiger partial charge on any atom is 0.256 e. The van der Waals surface area contributed by atoms with E-state index >= 15 is 0 Å². The summed E-state index contributed by atoms with van der Waals surface area (Å²) in [6.07, 6.45) is 3.42. The summed E-state index contributed by atoms with van der Waals surface area (Å²) in [5, 5.41) is 1.01. The molecule has 2 aromatic carbocycles. The fraction of sp³-hybridized carbons (Fsp3) is 0.269. The number of methoxy groups -OCH3 is 2. The lowest BCUT2D eigenvalue weighted by Crippen LogP contribution is -2.36. The zero-order valence-electron chi connectivity index (χ0n) is 19.0. The van der Waals surface area contributed by atoms with E-state index in [-0.39, 0.29) is 0 Å². The topological polar surface area (TPSA) is 69.6 Å². The van der Waals surface area contributed by atoms with Crippen molar-refractivity contribution in [3.63, 3.8) is 0 Å². The molecule has 0 bridgehead atoms. The molecule has 7 heteroatoms. The van der Waals surface area contributed by atoms with E-state index in [0.29, 0.717) is 11.6 Å². The molecule has 33 heavy (non-hydrogen) atoms. The summed E-state index contributed by atoms with van der Waals surface area (Å²) in [4.78, 5) is 15.8. The summed E-state index contributed by atoms with van der Waals surface area (Å²) in [5.41, 5.74) is 7.17. The average Bonchev–Trinajstić information content (AvgIpc) is 2.88. The lowest BCUT2D eigenvalue weighted by Gasteiger charge is -2.29. The number of hydrogen-bond donors (Lipinski definition) is 0. The first-order valence-electron chi connectivity index (χ1n) is 10.9. The van der Waals surface area contributed by atoms with Crippen molar-refractivity contribution in [1.29, 1.82) is 0 Å². The Kier molecular flexibility index (Phi) is 5.79. The van der Waals surface area contributed by atoms with Gasteiger partial charge in [-0.05, 0) is 48.4 Å². The zero-order chi connectivity index (χ0) is 22.8. The molecule has 1 saturated heterocycles. The van der Waals surface area contributed by atoms with Crippen LogP contribution in [0.1, 0.15) is 5.69 Å². The number of anilines is 1. The Bertz CT molecular complexity index is 1280. The van der Waals surface area contributed by atoms with Gasteiger partial charge in [0.1, 0.15) is 6.33 Å². The van der Waals surface area contributed by atoms with Crippen LogP contribution >= 0.6 is 0 Å². The van der Waals surface area contributed by atoms with Crippen molar-refractivity contribution in [1.82, 2.24) is 15.0 Å². The number of aromatic nitrogens is 3. The number of hydrogen-bond acceptors (Lipinski definition) is 7. The van der Waals surface area contributed by atoms with Crippen molar-refractivity contribution >= 4 is 16.6 Å². The second kappa shape index (κ2) is 9.03. The van der Waals surface area contributed by atoms with Gasteiger partial charge in [0, 0.05) is 47.2 Å². The fourth-order valence-corrected chi connectivity index (χ4v) is 4.24. The molecule has 0 saturated carbocycles. The molecular formula is C26H26N4O3. The van der Waals surface area contributed by atoms with Crippen molar-refractivity contribution in [3.8, 4) is 33.9 Å². The Morgan fingerprint density at radius 1 is 0.848 bits per heavy atom. The molecule has 0 unspecified atom stereocenters. The number of benzene rings is 2. The maximum absolute atomic E-state index is 5.48. The Morgan fingerprint density at radius 2 is 1.64 bits per heavy atom. The van der Waals surface area contributed by atoms with Crippen LogP contribution in [0.5, 0.6) is 11.6 Å². The molecule has 7 nitrogen and oxygen atoms in total. The minimum Gasteiger partial charge on any atom is -0.491 e. The molecule has 0 N–H and O–H groups in total.